The molecule has 0 spiro atoms. The van der Waals surface area contributed by atoms with Gasteiger partial charge in [-0.05, 0) is 41.1 Å². The number of benzene rings is 1. The molecule has 21 heavy (non-hydrogen) atoms. The molecule has 108 valence electrons. The van der Waals surface area contributed by atoms with Crippen LogP contribution in [-0.4, -0.2) is 22.6 Å². The Hall–Kier alpha value is -2.47. The molecule has 0 aliphatic heterocycles. The number of carboxylic acids is 1. The minimum Gasteiger partial charge on any atom is -0.475 e. The van der Waals surface area contributed by atoms with Crippen LogP contribution in [-0.2, 0) is 16.0 Å². The smallest absolute Gasteiger partial charge is 0.372 e. The van der Waals surface area contributed by atoms with Gasteiger partial charge in [0.2, 0.25) is 5.78 Å². The molecule has 2 rings (SSSR count). The van der Waals surface area contributed by atoms with Crippen molar-refractivity contribution in [3.8, 4) is 0 Å². The van der Waals surface area contributed by atoms with Crippen LogP contribution in [0.1, 0.15) is 27.2 Å². The third kappa shape index (κ3) is 3.76. The van der Waals surface area contributed by atoms with E-state index in [1.54, 1.807) is 23.6 Å². The first kappa shape index (κ1) is 14.9. The van der Waals surface area contributed by atoms with Crippen LogP contribution in [0.25, 0.3) is 0 Å². The number of nitrogen functional groups attached to an aromatic ring is 1. The van der Waals surface area contributed by atoms with E-state index >= 15 is 0 Å². The van der Waals surface area contributed by atoms with Gasteiger partial charge in [-0.3, -0.25) is 9.59 Å². The Balaban J connectivity index is 2.14. The van der Waals surface area contributed by atoms with Gasteiger partial charge in [-0.2, -0.15) is 0 Å². The van der Waals surface area contributed by atoms with E-state index in [2.05, 4.69) is 0 Å². The van der Waals surface area contributed by atoms with Crippen LogP contribution in [0.4, 0.5) is 5.69 Å². The average molecular weight is 303 g/mol. The van der Waals surface area contributed by atoms with E-state index in [-0.39, 0.29) is 0 Å². The highest BCUT2D eigenvalue weighted by Crippen LogP contribution is 2.22. The van der Waals surface area contributed by atoms with Crippen LogP contribution < -0.4 is 5.73 Å². The number of carbonyl (C=O) groups excluding carboxylic acids is 2. The summed E-state index contributed by atoms with van der Waals surface area (Å²) in [7, 11) is 0. The number of carbonyl (C=O) groups is 3. The van der Waals surface area contributed by atoms with Crippen molar-refractivity contribution < 1.29 is 19.5 Å². The summed E-state index contributed by atoms with van der Waals surface area (Å²) < 4.78 is 0. The second-order valence-corrected chi connectivity index (χ2v) is 5.44. The van der Waals surface area contributed by atoms with Crippen molar-refractivity contribution >= 4 is 34.6 Å². The van der Waals surface area contributed by atoms with E-state index in [9.17, 15) is 14.4 Å². The summed E-state index contributed by atoms with van der Waals surface area (Å²) in [5.74, 6) is -3.13. The van der Waals surface area contributed by atoms with Gasteiger partial charge in [-0.25, -0.2) is 4.79 Å². The summed E-state index contributed by atoms with van der Waals surface area (Å²) in [5.41, 5.74) is 8.05. The number of anilines is 1. The van der Waals surface area contributed by atoms with Crippen LogP contribution in [0.5, 0.6) is 0 Å². The van der Waals surface area contributed by atoms with Crippen LogP contribution >= 0.6 is 11.3 Å². The van der Waals surface area contributed by atoms with E-state index in [0.717, 1.165) is 11.1 Å². The zero-order valence-electron chi connectivity index (χ0n) is 11.0. The third-order valence-corrected chi connectivity index (χ3v) is 3.93. The zero-order chi connectivity index (χ0) is 15.4. The largest absolute Gasteiger partial charge is 0.475 e. The predicted octanol–water partition coefficient (Wildman–Crippen LogP) is 2.15. The second-order valence-electron chi connectivity index (χ2n) is 4.52. The highest BCUT2D eigenvalue weighted by atomic mass is 32.1. The number of Topliss-reactive ketones (excluding diaryl/α,β-unsaturated/α-hetero) is 2. The fourth-order valence-electron chi connectivity index (χ4n) is 1.88. The SMILES string of the molecule is Nc1ccc(Cc2ccsc2C(=O)CC(=O)C(=O)O)cc1. The Kier molecular flexibility index (Phi) is 4.49. The molecular weight excluding hydrogens is 290 g/mol. The summed E-state index contributed by atoms with van der Waals surface area (Å²) >= 11 is 1.21. The maximum Gasteiger partial charge on any atom is 0.372 e. The van der Waals surface area contributed by atoms with Gasteiger partial charge >= 0.3 is 5.97 Å². The van der Waals surface area contributed by atoms with Crippen LogP contribution in [0.15, 0.2) is 35.7 Å². The molecule has 0 fully saturated rings. The van der Waals surface area contributed by atoms with E-state index in [1.807, 2.05) is 12.1 Å². The third-order valence-electron chi connectivity index (χ3n) is 2.93. The summed E-state index contributed by atoms with van der Waals surface area (Å²) in [6.07, 6.45) is -0.0727. The molecular formula is C15H13NO4S. The highest BCUT2D eigenvalue weighted by Gasteiger charge is 2.20. The number of hydrogen-bond acceptors (Lipinski definition) is 5. The number of thiophene rings is 1. The Morgan fingerprint density at radius 1 is 1.10 bits per heavy atom. The molecule has 0 amide bonds. The quantitative estimate of drug-likeness (QED) is 0.369. The van der Waals surface area contributed by atoms with Gasteiger partial charge in [0, 0.05) is 5.69 Å². The lowest BCUT2D eigenvalue weighted by atomic mass is 10.0. The van der Waals surface area contributed by atoms with E-state index < -0.39 is 24.0 Å². The van der Waals surface area contributed by atoms with Crippen molar-refractivity contribution in [1.29, 1.82) is 0 Å². The Morgan fingerprint density at radius 3 is 2.38 bits per heavy atom. The molecule has 0 aliphatic carbocycles. The fraction of sp³-hybridized carbons (Fsp3) is 0.133. The number of rotatable bonds is 6. The van der Waals surface area contributed by atoms with Crippen LogP contribution in [0.2, 0.25) is 0 Å². The topological polar surface area (TPSA) is 97.5 Å². The summed E-state index contributed by atoms with van der Waals surface area (Å²) in [5, 5.41) is 10.3. The molecule has 0 bridgehead atoms. The highest BCUT2D eigenvalue weighted by molar-refractivity contribution is 7.12. The number of hydrogen-bond donors (Lipinski definition) is 2. The van der Waals surface area contributed by atoms with Gasteiger partial charge in [-0.1, -0.05) is 12.1 Å². The average Bonchev–Trinajstić information content (AvgIpc) is 2.89. The molecule has 0 unspecified atom stereocenters. The van der Waals surface area contributed by atoms with Gasteiger partial charge in [0.05, 0.1) is 11.3 Å². The predicted molar refractivity (Wildman–Crippen MR) is 79.6 cm³/mol. The van der Waals surface area contributed by atoms with Crippen LogP contribution in [0, 0.1) is 0 Å². The molecule has 5 nitrogen and oxygen atoms in total. The number of carboxylic acid groups (broad SMARTS) is 1. The monoisotopic (exact) mass is 303 g/mol. The molecule has 6 heteroatoms. The molecule has 0 saturated heterocycles. The molecule has 0 aliphatic rings. The Labute approximate surface area is 125 Å². The van der Waals surface area contributed by atoms with E-state index in [4.69, 9.17) is 10.8 Å². The van der Waals surface area contributed by atoms with Gasteiger partial charge in [0.1, 0.15) is 0 Å². The van der Waals surface area contributed by atoms with Crippen LogP contribution in [0.3, 0.4) is 0 Å². The van der Waals surface area contributed by atoms with Crippen molar-refractivity contribution in [1.82, 2.24) is 0 Å². The maximum atomic E-state index is 12.0. The second kappa shape index (κ2) is 6.32. The molecule has 1 heterocycles. The van der Waals surface area contributed by atoms with E-state index in [0.29, 0.717) is 17.0 Å². The van der Waals surface area contributed by atoms with E-state index in [1.165, 1.54) is 11.3 Å². The molecule has 2 aromatic rings. The lowest BCUT2D eigenvalue weighted by Gasteiger charge is -2.03. The molecule has 0 atom stereocenters. The lowest BCUT2D eigenvalue weighted by molar-refractivity contribution is -0.148. The van der Waals surface area contributed by atoms with Gasteiger partial charge in [0.15, 0.2) is 5.78 Å². The fourth-order valence-corrected chi connectivity index (χ4v) is 2.74. The zero-order valence-corrected chi connectivity index (χ0v) is 11.9. The van der Waals surface area contributed by atoms with Gasteiger partial charge in [0.25, 0.3) is 0 Å². The number of nitrogens with two attached hydrogens (primary N) is 1. The standard InChI is InChI=1S/C15H13NO4S/c16-11-3-1-9(2-4-11)7-10-5-6-21-14(10)12(17)8-13(18)15(19)20/h1-6H,7-8,16H2,(H,19,20). The molecule has 0 saturated carbocycles. The summed E-state index contributed by atoms with van der Waals surface area (Å²) in [6, 6.07) is 9.08. The molecule has 1 aromatic carbocycles. The van der Waals surface area contributed by atoms with Gasteiger partial charge in [-0.15, -0.1) is 11.3 Å². The van der Waals surface area contributed by atoms with Crippen molar-refractivity contribution in [2.45, 2.75) is 12.8 Å². The summed E-state index contributed by atoms with van der Waals surface area (Å²) in [6.45, 7) is 0. The first-order valence-corrected chi connectivity index (χ1v) is 7.05. The van der Waals surface area contributed by atoms with Crippen molar-refractivity contribution in [3.05, 3.63) is 51.7 Å². The first-order chi connectivity index (χ1) is 9.97. The normalized spacial score (nSPS) is 10.3. The minimum atomic E-state index is -1.58. The molecule has 1 aromatic heterocycles. The van der Waals surface area contributed by atoms with Gasteiger partial charge < -0.3 is 10.8 Å². The Morgan fingerprint density at radius 2 is 1.76 bits per heavy atom. The molecule has 3 N–H and O–H groups in total. The lowest BCUT2D eigenvalue weighted by Crippen LogP contribution is -2.17. The molecule has 0 radical (unpaired) electrons. The first-order valence-electron chi connectivity index (χ1n) is 6.17. The number of ketones is 2. The van der Waals surface area contributed by atoms with Crippen molar-refractivity contribution in [2.75, 3.05) is 5.73 Å². The summed E-state index contributed by atoms with van der Waals surface area (Å²) in [4.78, 5) is 34.1. The van der Waals surface area contributed by atoms with Crippen molar-refractivity contribution in [3.63, 3.8) is 0 Å². The minimum absolute atomic E-state index is 0.432. The maximum absolute atomic E-state index is 12.0. The Bertz CT molecular complexity index is 688. The number of aliphatic carboxylic acids is 1. The van der Waals surface area contributed by atoms with Crippen molar-refractivity contribution in [2.24, 2.45) is 0 Å².